The lowest BCUT2D eigenvalue weighted by molar-refractivity contribution is -0.137. The van der Waals surface area contributed by atoms with Crippen LogP contribution in [0.3, 0.4) is 0 Å². The first-order valence-corrected chi connectivity index (χ1v) is 9.29. The fourth-order valence-electron chi connectivity index (χ4n) is 1.94. The minimum absolute atomic E-state index is 0.0702. The normalized spacial score (nSPS) is 12.6. The van der Waals surface area contributed by atoms with Crippen molar-refractivity contribution in [3.05, 3.63) is 47.0 Å². The molecule has 2 aromatic carbocycles. The van der Waals surface area contributed by atoms with Crippen LogP contribution in [-0.4, -0.2) is 17.5 Å². The molecule has 0 fully saturated rings. The molecule has 0 aromatic heterocycles. The van der Waals surface area contributed by atoms with Gasteiger partial charge in [-0.05, 0) is 43.5 Å². The quantitative estimate of drug-likeness (QED) is 0.451. The van der Waals surface area contributed by atoms with Crippen LogP contribution in [0, 0.1) is 0 Å². The molecule has 0 aliphatic rings. The average molecular weight is 423 g/mol. The maximum atomic E-state index is 12.7. The highest BCUT2D eigenvalue weighted by atomic mass is 35.5. The second-order valence-electron chi connectivity index (χ2n) is 5.16. The highest BCUT2D eigenvalue weighted by Gasteiger charge is 2.31. The number of alkyl halides is 3. The summed E-state index contributed by atoms with van der Waals surface area (Å²) in [4.78, 5) is 12.0. The second kappa shape index (κ2) is 8.45. The number of rotatable bonds is 6. The molecular formula is C17H14ClF3O3S2. The summed E-state index contributed by atoms with van der Waals surface area (Å²) in [5, 5.41) is -0.607. The smallest absolute Gasteiger partial charge is 0.416 e. The van der Waals surface area contributed by atoms with Gasteiger partial charge in [0.2, 0.25) is 5.12 Å². The van der Waals surface area contributed by atoms with Gasteiger partial charge in [0, 0.05) is 11.0 Å². The Kier molecular flexibility index (Phi) is 6.76. The van der Waals surface area contributed by atoms with E-state index in [0.29, 0.717) is 11.5 Å². The van der Waals surface area contributed by atoms with Crippen molar-refractivity contribution < 1.29 is 27.4 Å². The molecule has 9 heteroatoms. The summed E-state index contributed by atoms with van der Waals surface area (Å²) in [6, 6.07) is 7.70. The molecule has 0 bridgehead atoms. The molecule has 2 rings (SSSR count). The molecular weight excluding hydrogens is 409 g/mol. The SMILES string of the molecule is CSc1ccc(Oc2ccc(C(F)(F)F)cc2Cl)cc1OC(C)C(=O)S. The molecule has 0 radical (unpaired) electrons. The zero-order valence-electron chi connectivity index (χ0n) is 13.6. The van der Waals surface area contributed by atoms with Crippen molar-refractivity contribution in [2.45, 2.75) is 24.1 Å². The van der Waals surface area contributed by atoms with Crippen LogP contribution >= 0.6 is 36.0 Å². The van der Waals surface area contributed by atoms with Gasteiger partial charge < -0.3 is 9.47 Å². The van der Waals surface area contributed by atoms with E-state index in [9.17, 15) is 18.0 Å². The summed E-state index contributed by atoms with van der Waals surface area (Å²) < 4.78 is 49.2. The third-order valence-corrected chi connectivity index (χ3v) is 4.71. The number of thioether (sulfide) groups is 1. The summed E-state index contributed by atoms with van der Waals surface area (Å²) in [5.41, 5.74) is -0.863. The molecule has 1 unspecified atom stereocenters. The predicted octanol–water partition coefficient (Wildman–Crippen LogP) is 6.10. The fourth-order valence-corrected chi connectivity index (χ4v) is 2.72. The van der Waals surface area contributed by atoms with E-state index in [-0.39, 0.29) is 10.8 Å². The van der Waals surface area contributed by atoms with Crippen LogP contribution in [0.1, 0.15) is 12.5 Å². The van der Waals surface area contributed by atoms with Gasteiger partial charge in [0.25, 0.3) is 0 Å². The molecule has 0 N–H and O–H groups in total. The van der Waals surface area contributed by atoms with E-state index in [2.05, 4.69) is 12.6 Å². The summed E-state index contributed by atoms with van der Waals surface area (Å²) in [6.07, 6.45) is -3.42. The van der Waals surface area contributed by atoms with Crippen LogP contribution < -0.4 is 9.47 Å². The molecule has 0 spiro atoms. The average Bonchev–Trinajstić information content (AvgIpc) is 2.56. The third kappa shape index (κ3) is 5.25. The Morgan fingerprint density at radius 3 is 2.42 bits per heavy atom. The Morgan fingerprint density at radius 2 is 1.88 bits per heavy atom. The Morgan fingerprint density at radius 1 is 1.19 bits per heavy atom. The van der Waals surface area contributed by atoms with Crippen molar-refractivity contribution >= 4 is 41.1 Å². The number of carbonyl (C=O) groups is 1. The Labute approximate surface area is 163 Å². The zero-order valence-corrected chi connectivity index (χ0v) is 16.1. The van der Waals surface area contributed by atoms with Crippen LogP contribution in [-0.2, 0) is 11.0 Å². The zero-order chi connectivity index (χ0) is 19.5. The van der Waals surface area contributed by atoms with E-state index in [0.717, 1.165) is 23.1 Å². The van der Waals surface area contributed by atoms with Gasteiger partial charge >= 0.3 is 6.18 Å². The van der Waals surface area contributed by atoms with E-state index in [1.807, 2.05) is 6.26 Å². The highest BCUT2D eigenvalue weighted by Crippen LogP contribution is 2.38. The van der Waals surface area contributed by atoms with E-state index in [1.54, 1.807) is 19.1 Å². The van der Waals surface area contributed by atoms with Crippen LogP contribution in [0.25, 0.3) is 0 Å². The minimum Gasteiger partial charge on any atom is -0.481 e. The van der Waals surface area contributed by atoms with Crippen molar-refractivity contribution in [3.8, 4) is 17.2 Å². The Bertz CT molecular complexity index is 812. The summed E-state index contributed by atoms with van der Waals surface area (Å²) in [5.74, 6) is 0.770. The lowest BCUT2D eigenvalue weighted by Crippen LogP contribution is -2.19. The number of hydrogen-bond donors (Lipinski definition) is 1. The lowest BCUT2D eigenvalue weighted by atomic mass is 10.2. The summed E-state index contributed by atoms with van der Waals surface area (Å²) in [7, 11) is 0. The van der Waals surface area contributed by atoms with E-state index in [4.69, 9.17) is 21.1 Å². The molecule has 140 valence electrons. The van der Waals surface area contributed by atoms with Gasteiger partial charge in [0.1, 0.15) is 17.2 Å². The van der Waals surface area contributed by atoms with E-state index in [1.165, 1.54) is 17.8 Å². The van der Waals surface area contributed by atoms with Gasteiger partial charge in [-0.3, -0.25) is 4.79 Å². The van der Waals surface area contributed by atoms with Crippen molar-refractivity contribution in [3.63, 3.8) is 0 Å². The first-order valence-electron chi connectivity index (χ1n) is 7.24. The number of halogens is 4. The Hall–Kier alpha value is -1.51. The lowest BCUT2D eigenvalue weighted by Gasteiger charge is -2.16. The van der Waals surface area contributed by atoms with Crippen molar-refractivity contribution in [2.24, 2.45) is 0 Å². The maximum Gasteiger partial charge on any atom is 0.416 e. The predicted molar refractivity (Wildman–Crippen MR) is 98.8 cm³/mol. The molecule has 1 atom stereocenters. The van der Waals surface area contributed by atoms with E-state index < -0.39 is 23.0 Å². The largest absolute Gasteiger partial charge is 0.481 e. The maximum absolute atomic E-state index is 12.7. The number of thiol groups is 1. The van der Waals surface area contributed by atoms with Crippen molar-refractivity contribution in [1.82, 2.24) is 0 Å². The monoisotopic (exact) mass is 422 g/mol. The van der Waals surface area contributed by atoms with Crippen LogP contribution in [0.2, 0.25) is 5.02 Å². The third-order valence-electron chi connectivity index (χ3n) is 3.27. The molecule has 3 nitrogen and oxygen atoms in total. The van der Waals surface area contributed by atoms with Crippen molar-refractivity contribution in [2.75, 3.05) is 6.26 Å². The van der Waals surface area contributed by atoms with Gasteiger partial charge in [-0.25, -0.2) is 0 Å². The molecule has 0 saturated heterocycles. The van der Waals surface area contributed by atoms with Crippen molar-refractivity contribution in [1.29, 1.82) is 0 Å². The molecule has 0 heterocycles. The van der Waals surface area contributed by atoms with Crippen LogP contribution in [0.4, 0.5) is 13.2 Å². The fraction of sp³-hybridized carbons (Fsp3) is 0.235. The van der Waals surface area contributed by atoms with E-state index >= 15 is 0 Å². The first kappa shape index (κ1) is 20.8. The standard InChI is InChI=1S/C17H14ClF3O3S2/c1-9(16(22)25)23-14-8-11(4-6-15(14)26-2)24-13-5-3-10(7-12(13)18)17(19,20)21/h3-9H,1-2H3,(H,22,25). The molecule has 0 amide bonds. The summed E-state index contributed by atoms with van der Waals surface area (Å²) >= 11 is 11.0. The molecule has 0 saturated carbocycles. The summed E-state index contributed by atoms with van der Waals surface area (Å²) in [6.45, 7) is 1.56. The molecule has 2 aromatic rings. The Balaban J connectivity index is 2.28. The van der Waals surface area contributed by atoms with Gasteiger partial charge in [-0.15, -0.1) is 24.4 Å². The van der Waals surface area contributed by atoms with Crippen LogP contribution in [0.15, 0.2) is 41.3 Å². The van der Waals surface area contributed by atoms with Gasteiger partial charge in [-0.2, -0.15) is 13.2 Å². The molecule has 26 heavy (non-hydrogen) atoms. The number of hydrogen-bond acceptors (Lipinski definition) is 4. The molecule has 0 aliphatic carbocycles. The first-order chi connectivity index (χ1) is 12.1. The minimum atomic E-state index is -4.49. The highest BCUT2D eigenvalue weighted by molar-refractivity contribution is 7.98. The topological polar surface area (TPSA) is 35.5 Å². The number of benzene rings is 2. The second-order valence-corrected chi connectivity index (χ2v) is 6.85. The van der Waals surface area contributed by atoms with Crippen LogP contribution in [0.5, 0.6) is 17.2 Å². The molecule has 0 aliphatic heterocycles. The van der Waals surface area contributed by atoms with Gasteiger partial charge in [-0.1, -0.05) is 11.6 Å². The number of carbonyl (C=O) groups excluding carboxylic acids is 1. The number of ether oxygens (including phenoxy) is 2. The van der Waals surface area contributed by atoms with Gasteiger partial charge in [0.15, 0.2) is 6.10 Å². The van der Waals surface area contributed by atoms with Gasteiger partial charge in [0.05, 0.1) is 10.6 Å².